The second-order valence-corrected chi connectivity index (χ2v) is 6.42. The van der Waals surface area contributed by atoms with E-state index in [0.29, 0.717) is 4.90 Å². The van der Waals surface area contributed by atoms with E-state index in [1.54, 1.807) is 6.92 Å². The van der Waals surface area contributed by atoms with E-state index in [1.165, 1.54) is 22.8 Å². The molecule has 0 aliphatic rings. The van der Waals surface area contributed by atoms with Gasteiger partial charge < -0.3 is 15.0 Å². The molecule has 11 heteroatoms. The Morgan fingerprint density at radius 1 is 1.46 bits per heavy atom. The number of ether oxygens (including phenoxy) is 1. The summed E-state index contributed by atoms with van der Waals surface area (Å²) in [5.41, 5.74) is 3.96. The molecule has 0 bridgehead atoms. The number of rotatable bonds is 5. The first-order chi connectivity index (χ1) is 12.2. The summed E-state index contributed by atoms with van der Waals surface area (Å²) in [5.74, 6) is -0.0938. The molecular weight excluding hydrogens is 393 g/mol. The van der Waals surface area contributed by atoms with Crippen molar-refractivity contribution in [2.45, 2.75) is 36.2 Å². The van der Waals surface area contributed by atoms with Gasteiger partial charge in [-0.3, -0.25) is 0 Å². The van der Waals surface area contributed by atoms with Crippen molar-refractivity contribution < 1.29 is 22.7 Å². The number of benzene rings is 1. The van der Waals surface area contributed by atoms with Gasteiger partial charge in [0.05, 0.1) is 11.6 Å². The fraction of sp³-hybridized carbons (Fsp3) is 0.267. The zero-order valence-corrected chi connectivity index (χ0v) is 14.9. The summed E-state index contributed by atoms with van der Waals surface area (Å²) in [5, 5.41) is 9.01. The molecule has 0 unspecified atom stereocenters. The number of alkyl halides is 3. The van der Waals surface area contributed by atoms with E-state index in [0.717, 1.165) is 11.8 Å². The first kappa shape index (κ1) is 19.9. The summed E-state index contributed by atoms with van der Waals surface area (Å²) in [6, 6.07) is 6.16. The van der Waals surface area contributed by atoms with Gasteiger partial charge in [-0.2, -0.15) is 18.4 Å². The molecule has 2 rings (SSSR count). The van der Waals surface area contributed by atoms with Gasteiger partial charge in [-0.1, -0.05) is 23.4 Å². The number of nitrogens with zero attached hydrogens (tertiary/aromatic N) is 3. The smallest absolute Gasteiger partial charge is 0.436 e. The van der Waals surface area contributed by atoms with Crippen LogP contribution in [0.25, 0.3) is 0 Å². The summed E-state index contributed by atoms with van der Waals surface area (Å²) in [7, 11) is 0. The van der Waals surface area contributed by atoms with Gasteiger partial charge in [0.15, 0.2) is 12.3 Å². The molecule has 1 aromatic carbocycles. The summed E-state index contributed by atoms with van der Waals surface area (Å²) in [6.07, 6.45) is -5.84. The maximum Gasteiger partial charge on any atom is 0.436 e. The number of primary amides is 1. The third kappa shape index (κ3) is 4.62. The van der Waals surface area contributed by atoms with Gasteiger partial charge in [-0.15, -0.1) is 0 Å². The molecule has 2 aromatic rings. The molecule has 1 aromatic heterocycles. The lowest BCUT2D eigenvalue weighted by atomic mass is 10.2. The van der Waals surface area contributed by atoms with Gasteiger partial charge >= 0.3 is 12.3 Å². The molecule has 138 valence electrons. The van der Waals surface area contributed by atoms with Gasteiger partial charge in [0, 0.05) is 16.5 Å². The zero-order valence-electron chi connectivity index (χ0n) is 13.3. The van der Waals surface area contributed by atoms with Crippen molar-refractivity contribution in [3.63, 3.8) is 0 Å². The lowest BCUT2D eigenvalue weighted by molar-refractivity contribution is -0.143. The van der Waals surface area contributed by atoms with Gasteiger partial charge in [0.1, 0.15) is 10.9 Å². The molecule has 2 N–H and O–H groups in total. The van der Waals surface area contributed by atoms with Crippen molar-refractivity contribution >= 4 is 29.5 Å². The fourth-order valence-corrected chi connectivity index (χ4v) is 3.64. The Hall–Kier alpha value is -2.38. The number of amides is 1. The highest BCUT2D eigenvalue weighted by Gasteiger charge is 2.39. The van der Waals surface area contributed by atoms with Crippen LogP contribution in [0.3, 0.4) is 0 Å². The van der Waals surface area contributed by atoms with E-state index in [4.69, 9.17) is 22.6 Å². The predicted molar refractivity (Wildman–Crippen MR) is 87.6 cm³/mol. The van der Waals surface area contributed by atoms with Crippen molar-refractivity contribution in [3.8, 4) is 6.07 Å². The zero-order chi connectivity index (χ0) is 19.5. The monoisotopic (exact) mass is 404 g/mol. The van der Waals surface area contributed by atoms with Crippen LogP contribution in [-0.4, -0.2) is 15.6 Å². The number of hydrogen-bond donors (Lipinski definition) is 1. The highest BCUT2D eigenvalue weighted by atomic mass is 35.5. The molecule has 0 aliphatic carbocycles. The molecule has 0 saturated heterocycles. The molecule has 1 heterocycles. The van der Waals surface area contributed by atoms with E-state index < -0.39 is 24.6 Å². The highest BCUT2D eigenvalue weighted by Crippen LogP contribution is 2.40. The van der Waals surface area contributed by atoms with Crippen molar-refractivity contribution in [3.05, 3.63) is 40.3 Å². The van der Waals surface area contributed by atoms with Crippen LogP contribution in [0.1, 0.15) is 24.0 Å². The molecule has 0 atom stereocenters. The van der Waals surface area contributed by atoms with E-state index in [2.05, 4.69) is 9.72 Å². The lowest BCUT2D eigenvalue weighted by Crippen LogP contribution is -2.15. The van der Waals surface area contributed by atoms with Crippen molar-refractivity contribution in [2.75, 3.05) is 0 Å². The summed E-state index contributed by atoms with van der Waals surface area (Å²) in [4.78, 5) is 14.7. The fourth-order valence-electron chi connectivity index (χ4n) is 2.14. The van der Waals surface area contributed by atoms with Crippen molar-refractivity contribution in [1.29, 1.82) is 5.26 Å². The van der Waals surface area contributed by atoms with Crippen LogP contribution in [-0.2, 0) is 24.1 Å². The average Bonchev–Trinajstić information content (AvgIpc) is 2.89. The van der Waals surface area contributed by atoms with E-state index in [9.17, 15) is 18.0 Å². The molecule has 1 amide bonds. The standard InChI is InChI=1S/C15H12ClF3N4O2S/c1-2-23-11(7-25-14(21)24)22-12(15(17,18)19)13(23)26-10-4-8(6-20)3-9(16)5-10/h3-5H,2,7H2,1H3,(H2,21,24). The van der Waals surface area contributed by atoms with Crippen LogP contribution in [0.15, 0.2) is 28.1 Å². The minimum Gasteiger partial charge on any atom is -0.442 e. The summed E-state index contributed by atoms with van der Waals surface area (Å²) >= 11 is 6.67. The Kier molecular flexibility index (Phi) is 6.05. The minimum absolute atomic E-state index is 0.0938. The maximum atomic E-state index is 13.4. The van der Waals surface area contributed by atoms with Crippen LogP contribution in [0.2, 0.25) is 5.02 Å². The van der Waals surface area contributed by atoms with E-state index in [-0.39, 0.29) is 28.0 Å². The van der Waals surface area contributed by atoms with Crippen molar-refractivity contribution in [2.24, 2.45) is 5.73 Å². The first-order valence-corrected chi connectivity index (χ1v) is 8.32. The van der Waals surface area contributed by atoms with Crippen LogP contribution < -0.4 is 5.73 Å². The van der Waals surface area contributed by atoms with Gasteiger partial charge in [-0.25, -0.2) is 9.78 Å². The minimum atomic E-state index is -4.72. The number of halogens is 4. The summed E-state index contributed by atoms with van der Waals surface area (Å²) in [6.45, 7) is 1.28. The maximum absolute atomic E-state index is 13.4. The molecule has 0 aliphatic heterocycles. The number of carbonyl (C=O) groups is 1. The normalized spacial score (nSPS) is 11.2. The van der Waals surface area contributed by atoms with Crippen molar-refractivity contribution in [1.82, 2.24) is 9.55 Å². The molecular formula is C15H12ClF3N4O2S. The molecule has 6 nitrogen and oxygen atoms in total. The van der Waals surface area contributed by atoms with Crippen LogP contribution in [0.4, 0.5) is 18.0 Å². The number of nitrogens with two attached hydrogens (primary N) is 1. The predicted octanol–water partition coefficient (Wildman–Crippen LogP) is 4.19. The molecule has 0 fully saturated rings. The molecule has 26 heavy (non-hydrogen) atoms. The van der Waals surface area contributed by atoms with Crippen LogP contribution in [0.5, 0.6) is 0 Å². The average molecular weight is 405 g/mol. The molecule has 0 saturated carbocycles. The molecule has 0 radical (unpaired) electrons. The quantitative estimate of drug-likeness (QED) is 0.806. The summed E-state index contributed by atoms with van der Waals surface area (Å²) < 4.78 is 46.1. The second kappa shape index (κ2) is 7.88. The highest BCUT2D eigenvalue weighted by molar-refractivity contribution is 7.99. The second-order valence-electron chi connectivity index (χ2n) is 4.92. The number of aromatic nitrogens is 2. The van der Waals surface area contributed by atoms with E-state index in [1.807, 2.05) is 6.07 Å². The van der Waals surface area contributed by atoms with Gasteiger partial charge in [-0.05, 0) is 25.1 Å². The molecule has 0 spiro atoms. The third-order valence-corrected chi connectivity index (χ3v) is 4.44. The Labute approximate surface area is 155 Å². The number of nitriles is 1. The Morgan fingerprint density at radius 2 is 2.15 bits per heavy atom. The van der Waals surface area contributed by atoms with Crippen LogP contribution >= 0.6 is 23.4 Å². The first-order valence-electron chi connectivity index (χ1n) is 7.13. The topological polar surface area (TPSA) is 93.9 Å². The largest absolute Gasteiger partial charge is 0.442 e. The van der Waals surface area contributed by atoms with Crippen LogP contribution in [0, 0.1) is 11.3 Å². The number of hydrogen-bond acceptors (Lipinski definition) is 5. The SMILES string of the molecule is CCn1c(COC(N)=O)nc(C(F)(F)F)c1Sc1cc(Cl)cc(C#N)c1. The Bertz CT molecular complexity index is 877. The van der Waals surface area contributed by atoms with Gasteiger partial charge in [0.2, 0.25) is 0 Å². The Balaban J connectivity index is 2.53. The third-order valence-electron chi connectivity index (χ3n) is 3.14. The lowest BCUT2D eigenvalue weighted by Gasteiger charge is -2.11. The van der Waals surface area contributed by atoms with E-state index >= 15 is 0 Å². The number of carbonyl (C=O) groups excluding carboxylic acids is 1. The van der Waals surface area contributed by atoms with Gasteiger partial charge in [0.25, 0.3) is 0 Å². The Morgan fingerprint density at radius 3 is 2.69 bits per heavy atom. The number of imidazole rings is 1.